The molecular weight excluding hydrogens is 262 g/mol. The molecule has 0 heterocycles. The van der Waals surface area contributed by atoms with Gasteiger partial charge in [-0.1, -0.05) is 50.1 Å². The molecule has 1 aromatic carbocycles. The third-order valence-corrected chi connectivity index (χ3v) is 3.32. The van der Waals surface area contributed by atoms with Gasteiger partial charge >= 0.3 is 0 Å². The van der Waals surface area contributed by atoms with E-state index in [4.69, 9.17) is 5.73 Å². The summed E-state index contributed by atoms with van der Waals surface area (Å²) >= 11 is 0. The second-order valence-corrected chi connectivity index (χ2v) is 5.66. The maximum absolute atomic E-state index is 10.6. The predicted octanol–water partition coefficient (Wildman–Crippen LogP) is 3.47. The van der Waals surface area contributed by atoms with Gasteiger partial charge in [0.1, 0.15) is 12.1 Å². The second-order valence-electron chi connectivity index (χ2n) is 5.66. The van der Waals surface area contributed by atoms with Crippen LogP contribution in [0.4, 0.5) is 0 Å². The molecule has 0 radical (unpaired) electrons. The Labute approximate surface area is 128 Å². The van der Waals surface area contributed by atoms with Gasteiger partial charge < -0.3 is 10.5 Å². The van der Waals surface area contributed by atoms with Crippen molar-refractivity contribution in [3.8, 4) is 0 Å². The summed E-state index contributed by atoms with van der Waals surface area (Å²) in [6.45, 7) is 7.54. The first-order valence-corrected chi connectivity index (χ1v) is 7.67. The number of benzene rings is 1. The number of Topliss-reactive ketones (excluding diaryl/α,β-unsaturated/α-hetero) is 1. The van der Waals surface area contributed by atoms with Crippen LogP contribution >= 0.6 is 0 Å². The van der Waals surface area contributed by atoms with Crippen molar-refractivity contribution in [1.82, 2.24) is 0 Å². The number of aldehydes is 1. The molecule has 2 N–H and O–H groups in total. The molecule has 0 fully saturated rings. The minimum atomic E-state index is -0.472. The van der Waals surface area contributed by atoms with Crippen molar-refractivity contribution in [2.75, 3.05) is 0 Å². The quantitative estimate of drug-likeness (QED) is 0.783. The van der Waals surface area contributed by atoms with Crippen LogP contribution in [0, 0.1) is 12.8 Å². The van der Waals surface area contributed by atoms with E-state index in [-0.39, 0.29) is 11.7 Å². The van der Waals surface area contributed by atoms with Crippen LogP contribution in [0.1, 0.15) is 51.2 Å². The highest BCUT2D eigenvalue weighted by Crippen LogP contribution is 2.06. The molecule has 0 bridgehead atoms. The fourth-order valence-corrected chi connectivity index (χ4v) is 1.76. The maximum Gasteiger partial charge on any atom is 0.146 e. The van der Waals surface area contributed by atoms with Crippen molar-refractivity contribution in [3.63, 3.8) is 0 Å². The molecular formula is C18H29NO2. The average molecular weight is 291 g/mol. The Kier molecular flexibility index (Phi) is 10.4. The molecule has 3 nitrogen and oxygen atoms in total. The fraction of sp³-hybridized carbons (Fsp3) is 0.556. The van der Waals surface area contributed by atoms with Crippen LogP contribution in [0.25, 0.3) is 0 Å². The maximum atomic E-state index is 10.6. The van der Waals surface area contributed by atoms with Gasteiger partial charge in [0, 0.05) is 5.92 Å². The van der Waals surface area contributed by atoms with Crippen molar-refractivity contribution >= 4 is 12.1 Å². The van der Waals surface area contributed by atoms with Crippen LogP contribution in [0.15, 0.2) is 24.3 Å². The number of nitrogens with two attached hydrogens (primary N) is 1. The topological polar surface area (TPSA) is 60.2 Å². The minimum absolute atomic E-state index is 0.0614. The summed E-state index contributed by atoms with van der Waals surface area (Å²) in [5, 5.41) is 0. The lowest BCUT2D eigenvalue weighted by Gasteiger charge is -2.08. The third kappa shape index (κ3) is 9.97. The zero-order valence-corrected chi connectivity index (χ0v) is 13.8. The summed E-state index contributed by atoms with van der Waals surface area (Å²) in [6, 6.07) is 8.35. The van der Waals surface area contributed by atoms with E-state index in [9.17, 15) is 9.59 Å². The minimum Gasteiger partial charge on any atom is -0.321 e. The largest absolute Gasteiger partial charge is 0.321 e. The Hall–Kier alpha value is -1.48. The summed E-state index contributed by atoms with van der Waals surface area (Å²) in [4.78, 5) is 20.7. The van der Waals surface area contributed by atoms with E-state index in [0.717, 1.165) is 6.29 Å². The van der Waals surface area contributed by atoms with Crippen molar-refractivity contribution in [2.45, 2.75) is 59.4 Å². The van der Waals surface area contributed by atoms with Crippen LogP contribution in [-0.2, 0) is 16.0 Å². The van der Waals surface area contributed by atoms with E-state index < -0.39 is 6.04 Å². The Morgan fingerprint density at radius 3 is 2.29 bits per heavy atom. The predicted molar refractivity (Wildman–Crippen MR) is 88.3 cm³/mol. The Morgan fingerprint density at radius 2 is 1.86 bits per heavy atom. The molecule has 0 aromatic heterocycles. The zero-order chi connectivity index (χ0) is 16.3. The highest BCUT2D eigenvalue weighted by Gasteiger charge is 2.11. The number of aryl methyl sites for hydroxylation is 2. The molecule has 1 rings (SSSR count). The Balaban J connectivity index is 0.000000384. The molecule has 0 aliphatic rings. The molecule has 0 aliphatic heterocycles. The molecule has 0 amide bonds. The first-order valence-electron chi connectivity index (χ1n) is 7.67. The zero-order valence-electron chi connectivity index (χ0n) is 13.8. The van der Waals surface area contributed by atoms with Crippen LogP contribution in [0.2, 0.25) is 0 Å². The van der Waals surface area contributed by atoms with Gasteiger partial charge in [0.2, 0.25) is 0 Å². The molecule has 3 heteroatoms. The normalized spacial score (nSPS) is 12.8. The van der Waals surface area contributed by atoms with E-state index in [1.165, 1.54) is 37.3 Å². The van der Waals surface area contributed by atoms with E-state index in [2.05, 4.69) is 38.1 Å². The smallest absolute Gasteiger partial charge is 0.146 e. The summed E-state index contributed by atoms with van der Waals surface area (Å²) < 4.78 is 0. The number of ketones is 1. The van der Waals surface area contributed by atoms with Crippen molar-refractivity contribution in [2.24, 2.45) is 11.7 Å². The third-order valence-electron chi connectivity index (χ3n) is 3.32. The molecule has 0 saturated heterocycles. The van der Waals surface area contributed by atoms with Gasteiger partial charge in [-0.15, -0.1) is 0 Å². The molecule has 21 heavy (non-hydrogen) atoms. The highest BCUT2D eigenvalue weighted by molar-refractivity contribution is 5.81. The van der Waals surface area contributed by atoms with Gasteiger partial charge in [0.05, 0.1) is 6.04 Å². The second kappa shape index (κ2) is 11.2. The van der Waals surface area contributed by atoms with E-state index in [1.54, 1.807) is 6.92 Å². The van der Waals surface area contributed by atoms with Crippen molar-refractivity contribution in [3.05, 3.63) is 35.4 Å². The highest BCUT2D eigenvalue weighted by atomic mass is 16.1. The number of hydrogen-bond acceptors (Lipinski definition) is 3. The van der Waals surface area contributed by atoms with E-state index in [1.807, 2.05) is 0 Å². The van der Waals surface area contributed by atoms with Gasteiger partial charge in [-0.3, -0.25) is 4.79 Å². The SMILES string of the molecule is CC(=O)C(N)CC(C)C=O.CCCCc1ccc(C)cc1. The van der Waals surface area contributed by atoms with Crippen LogP contribution in [0.5, 0.6) is 0 Å². The molecule has 1 aromatic rings. The molecule has 118 valence electrons. The first-order chi connectivity index (χ1) is 9.90. The Bertz CT molecular complexity index is 412. The molecule has 0 spiro atoms. The lowest BCUT2D eigenvalue weighted by molar-refractivity contribution is -0.118. The summed E-state index contributed by atoms with van der Waals surface area (Å²) in [5.74, 6) is -0.174. The summed E-state index contributed by atoms with van der Waals surface area (Å²) in [6.07, 6.45) is 5.09. The standard InChI is InChI=1S/C11H16.C7H13NO2/c1-3-4-5-11-8-6-10(2)7-9-11;1-5(4-9)3-7(8)6(2)10/h6-9H,3-5H2,1-2H3;4-5,7H,3,8H2,1-2H3. The van der Waals surface area contributed by atoms with Crippen LogP contribution in [0.3, 0.4) is 0 Å². The number of hydrogen-bond donors (Lipinski definition) is 1. The molecule has 2 atom stereocenters. The number of rotatable bonds is 7. The lowest BCUT2D eigenvalue weighted by Crippen LogP contribution is -2.30. The Morgan fingerprint density at radius 1 is 1.29 bits per heavy atom. The van der Waals surface area contributed by atoms with Crippen molar-refractivity contribution in [1.29, 1.82) is 0 Å². The summed E-state index contributed by atoms with van der Waals surface area (Å²) in [7, 11) is 0. The molecule has 0 saturated carbocycles. The molecule has 2 unspecified atom stereocenters. The van der Waals surface area contributed by atoms with E-state index >= 15 is 0 Å². The van der Waals surface area contributed by atoms with Gasteiger partial charge in [0.15, 0.2) is 0 Å². The van der Waals surface area contributed by atoms with Crippen molar-refractivity contribution < 1.29 is 9.59 Å². The van der Waals surface area contributed by atoms with Gasteiger partial charge in [-0.25, -0.2) is 0 Å². The lowest BCUT2D eigenvalue weighted by atomic mass is 10.0. The van der Waals surface area contributed by atoms with E-state index in [0.29, 0.717) is 6.42 Å². The van der Waals surface area contributed by atoms with Crippen LogP contribution < -0.4 is 5.73 Å². The number of unbranched alkanes of at least 4 members (excludes halogenated alkanes) is 1. The van der Waals surface area contributed by atoms with Crippen LogP contribution in [-0.4, -0.2) is 18.1 Å². The van der Waals surface area contributed by atoms with Gasteiger partial charge in [-0.05, 0) is 38.7 Å². The number of carbonyl (C=O) groups is 2. The average Bonchev–Trinajstić information content (AvgIpc) is 2.47. The monoisotopic (exact) mass is 291 g/mol. The summed E-state index contributed by atoms with van der Waals surface area (Å²) in [5.41, 5.74) is 8.21. The van der Waals surface area contributed by atoms with Gasteiger partial charge in [-0.2, -0.15) is 0 Å². The first kappa shape index (κ1) is 19.5. The number of carbonyl (C=O) groups excluding carboxylic acids is 2. The fourth-order valence-electron chi connectivity index (χ4n) is 1.76. The van der Waals surface area contributed by atoms with Gasteiger partial charge in [0.25, 0.3) is 0 Å². The molecule has 0 aliphatic carbocycles.